The van der Waals surface area contributed by atoms with E-state index in [9.17, 15) is 0 Å². The van der Waals surface area contributed by atoms with Crippen molar-refractivity contribution in [2.45, 2.75) is 101 Å². The molecule has 8 rings (SSSR count). The standard InChI is InChI=1S/C48H60S8Si5/c1-57(2,45-21-17-41(53-45)37-13-9-25-49-37)29-33-61(34-30-58(3,4)46-22-18-42(54-46)38-14-10-26-50-38,35-31-59(5,6)47-23-19-43(55-47)39-15-11-27-51-39)36-32-60(7,8)48-24-20-44(56-48)40-16-12-28-52-40/h9-28H,29-36H2,1-8H3. The van der Waals surface area contributed by atoms with Gasteiger partial charge in [0.2, 0.25) is 0 Å². The zero-order valence-electron chi connectivity index (χ0n) is 37.0. The predicted molar refractivity (Wildman–Crippen MR) is 303 cm³/mol. The quantitative estimate of drug-likeness (QED) is 0.0668. The first-order chi connectivity index (χ1) is 29.1. The summed E-state index contributed by atoms with van der Waals surface area (Å²) in [6.07, 6.45) is 0. The number of hydrogen-bond acceptors (Lipinski definition) is 8. The third kappa shape index (κ3) is 11.0. The van der Waals surface area contributed by atoms with E-state index in [1.54, 1.807) is 18.0 Å². The van der Waals surface area contributed by atoms with E-state index in [0.717, 1.165) is 0 Å². The van der Waals surface area contributed by atoms with Gasteiger partial charge in [0.1, 0.15) is 0 Å². The van der Waals surface area contributed by atoms with Gasteiger partial charge in [-0.1, -0.05) is 149 Å². The van der Waals surface area contributed by atoms with Gasteiger partial charge in [0, 0.05) is 39.0 Å². The number of rotatable bonds is 20. The van der Waals surface area contributed by atoms with Gasteiger partial charge >= 0.3 is 0 Å². The molecule has 0 saturated heterocycles. The van der Waals surface area contributed by atoms with Crippen molar-refractivity contribution in [2.75, 3.05) is 0 Å². The van der Waals surface area contributed by atoms with Crippen molar-refractivity contribution in [3.05, 3.63) is 119 Å². The van der Waals surface area contributed by atoms with E-state index in [1.807, 2.05) is 45.3 Å². The Hall–Kier alpha value is -1.32. The third-order valence-corrected chi connectivity index (χ3v) is 48.2. The van der Waals surface area contributed by atoms with Crippen LogP contribution >= 0.6 is 90.7 Å². The van der Waals surface area contributed by atoms with E-state index < -0.39 is 40.4 Å². The smallest absolute Gasteiger partial charge is 0.0931 e. The lowest BCUT2D eigenvalue weighted by atomic mass is 10.4. The second-order valence-electron chi connectivity index (χ2n) is 19.6. The molecule has 0 fully saturated rings. The molecule has 0 atom stereocenters. The van der Waals surface area contributed by atoms with Gasteiger partial charge < -0.3 is 0 Å². The lowest BCUT2D eigenvalue weighted by molar-refractivity contribution is 1.07. The first kappa shape index (κ1) is 46.2. The van der Waals surface area contributed by atoms with Crippen molar-refractivity contribution >= 4 is 149 Å². The molecule has 0 aliphatic heterocycles. The highest BCUT2D eigenvalue weighted by Gasteiger charge is 2.42. The third-order valence-electron chi connectivity index (χ3n) is 13.3. The van der Waals surface area contributed by atoms with Crippen LogP contribution in [0.1, 0.15) is 0 Å². The average Bonchev–Trinajstić information content (AvgIpc) is 4.10. The molecule has 0 radical (unpaired) electrons. The second kappa shape index (κ2) is 19.3. The highest BCUT2D eigenvalue weighted by molar-refractivity contribution is 7.33. The summed E-state index contributed by atoms with van der Waals surface area (Å²) in [6, 6.07) is 49.6. The van der Waals surface area contributed by atoms with Gasteiger partial charge in [-0.15, -0.1) is 90.7 Å². The summed E-state index contributed by atoms with van der Waals surface area (Å²) < 4.78 is 6.82. The fourth-order valence-corrected chi connectivity index (χ4v) is 45.0. The van der Waals surface area contributed by atoms with E-state index in [0.29, 0.717) is 0 Å². The second-order valence-corrected chi connectivity index (χ2v) is 53.4. The summed E-state index contributed by atoms with van der Waals surface area (Å²) in [7, 11) is -8.50. The molecule has 8 heterocycles. The van der Waals surface area contributed by atoms with Crippen molar-refractivity contribution in [3.63, 3.8) is 0 Å². The molecule has 0 spiro atoms. The minimum Gasteiger partial charge on any atom is -0.144 e. The Kier molecular flexibility index (Phi) is 14.6. The summed E-state index contributed by atoms with van der Waals surface area (Å²) in [5.41, 5.74) is 0. The Morgan fingerprint density at radius 2 is 0.508 bits per heavy atom. The molecule has 61 heavy (non-hydrogen) atoms. The van der Waals surface area contributed by atoms with Crippen LogP contribution in [-0.2, 0) is 0 Å². The van der Waals surface area contributed by atoms with Gasteiger partial charge in [0.15, 0.2) is 0 Å². The van der Waals surface area contributed by atoms with Crippen LogP contribution in [0.25, 0.3) is 39.0 Å². The van der Waals surface area contributed by atoms with Crippen molar-refractivity contribution in [1.29, 1.82) is 0 Å². The topological polar surface area (TPSA) is 0 Å². The first-order valence-electron chi connectivity index (χ1n) is 21.7. The molecule has 0 N–H and O–H groups in total. The van der Waals surface area contributed by atoms with Gasteiger partial charge in [-0.2, -0.15) is 0 Å². The molecule has 0 saturated carbocycles. The molecule has 0 aromatic carbocycles. The van der Waals surface area contributed by atoms with Gasteiger partial charge in [0.05, 0.1) is 40.4 Å². The van der Waals surface area contributed by atoms with Crippen LogP contribution in [0.15, 0.2) is 119 Å². The van der Waals surface area contributed by atoms with E-state index in [2.05, 4.69) is 216 Å². The molecule has 8 aromatic rings. The summed E-state index contributed by atoms with van der Waals surface area (Å²) in [5.74, 6) is 0. The van der Waals surface area contributed by atoms with Crippen molar-refractivity contribution in [2.24, 2.45) is 0 Å². The summed E-state index contributed by atoms with van der Waals surface area (Å²) in [4.78, 5) is 11.6. The zero-order valence-corrected chi connectivity index (χ0v) is 48.5. The molecule has 8 aromatic heterocycles. The fraction of sp³-hybridized carbons (Fsp3) is 0.333. The lowest BCUT2D eigenvalue weighted by Crippen LogP contribution is -2.49. The fourth-order valence-electron chi connectivity index (χ4n) is 8.56. The van der Waals surface area contributed by atoms with Gasteiger partial charge in [-0.3, -0.25) is 0 Å². The van der Waals surface area contributed by atoms with E-state index >= 15 is 0 Å². The van der Waals surface area contributed by atoms with Crippen LogP contribution in [0.5, 0.6) is 0 Å². The summed E-state index contributed by atoms with van der Waals surface area (Å²) in [6.45, 7) is 21.7. The summed E-state index contributed by atoms with van der Waals surface area (Å²) >= 11 is 16.0. The molecular weight excluding hydrogens is 973 g/mol. The molecule has 0 amide bonds. The average molecular weight is 1030 g/mol. The minimum atomic E-state index is -1.79. The Balaban J connectivity index is 1.12. The number of hydrogen-bond donors (Lipinski definition) is 0. The molecule has 0 bridgehead atoms. The maximum Gasteiger partial charge on any atom is 0.0931 e. The molecule has 320 valence electrons. The SMILES string of the molecule is C[Si](C)(CC[Si](CC[Si](C)(C)c1ccc(-c2cccs2)s1)(CC[Si](C)(C)c1ccc(-c2cccs2)s1)CC[Si](C)(C)c1ccc(-c2cccs2)s1)c1ccc(-c2cccs2)s1. The van der Waals surface area contributed by atoms with Gasteiger partial charge in [0.25, 0.3) is 0 Å². The normalized spacial score (nSPS) is 13.1. The van der Waals surface area contributed by atoms with Crippen LogP contribution in [0.4, 0.5) is 0 Å². The zero-order chi connectivity index (χ0) is 42.9. The van der Waals surface area contributed by atoms with Gasteiger partial charge in [-0.05, 0) is 88.1 Å². The highest BCUT2D eigenvalue weighted by Crippen LogP contribution is 2.42. The molecule has 0 nitrogen and oxygen atoms in total. The van der Waals surface area contributed by atoms with Gasteiger partial charge in [-0.25, -0.2) is 0 Å². The molecule has 13 heteroatoms. The molecule has 0 aliphatic carbocycles. The monoisotopic (exact) mass is 1030 g/mol. The lowest BCUT2D eigenvalue weighted by Gasteiger charge is -2.40. The molecule has 0 unspecified atom stereocenters. The van der Waals surface area contributed by atoms with Crippen molar-refractivity contribution < 1.29 is 0 Å². The van der Waals surface area contributed by atoms with Crippen molar-refractivity contribution in [3.8, 4) is 39.0 Å². The Morgan fingerprint density at radius 1 is 0.279 bits per heavy atom. The van der Waals surface area contributed by atoms with Crippen LogP contribution in [0, 0.1) is 0 Å². The van der Waals surface area contributed by atoms with Crippen LogP contribution < -0.4 is 18.0 Å². The van der Waals surface area contributed by atoms with E-state index in [1.165, 1.54) is 87.4 Å². The highest BCUT2D eigenvalue weighted by atomic mass is 32.1. The van der Waals surface area contributed by atoms with E-state index in [-0.39, 0.29) is 0 Å². The van der Waals surface area contributed by atoms with Crippen molar-refractivity contribution in [1.82, 2.24) is 0 Å². The Bertz CT molecular complexity index is 2200. The maximum absolute atomic E-state index is 2.71. The van der Waals surface area contributed by atoms with Crippen LogP contribution in [0.3, 0.4) is 0 Å². The first-order valence-corrected chi connectivity index (χ1v) is 44.1. The Labute approximate surface area is 403 Å². The largest absolute Gasteiger partial charge is 0.144 e. The predicted octanol–water partition coefficient (Wildman–Crippen LogP) is 17.1. The van der Waals surface area contributed by atoms with E-state index in [4.69, 9.17) is 0 Å². The summed E-state index contributed by atoms with van der Waals surface area (Å²) in [5, 5.41) is 8.93. The maximum atomic E-state index is 2.71. The molecule has 0 aliphatic rings. The van der Waals surface area contributed by atoms with Crippen LogP contribution in [0.2, 0.25) is 101 Å². The Morgan fingerprint density at radius 3 is 0.705 bits per heavy atom. The number of thiophene rings is 8. The minimum absolute atomic E-state index is 1.43. The van der Waals surface area contributed by atoms with Crippen LogP contribution in [-0.4, -0.2) is 40.4 Å². The molecular formula is C48H60S8Si5.